The number of rotatable bonds is 5. The summed E-state index contributed by atoms with van der Waals surface area (Å²) in [6.45, 7) is 5.83. The van der Waals surface area contributed by atoms with Crippen molar-refractivity contribution in [3.05, 3.63) is 47.9 Å². The number of halogens is 3. The third kappa shape index (κ3) is 6.00. The van der Waals surface area contributed by atoms with Crippen molar-refractivity contribution in [1.82, 2.24) is 10.2 Å². The lowest BCUT2D eigenvalue weighted by Crippen LogP contribution is -2.47. The van der Waals surface area contributed by atoms with Gasteiger partial charge < -0.3 is 25.3 Å². The number of hydrogen-bond donors (Lipinski definition) is 3. The van der Waals surface area contributed by atoms with Gasteiger partial charge in [0.25, 0.3) is 5.91 Å². The Bertz CT molecular complexity index is 905. The van der Waals surface area contributed by atoms with Gasteiger partial charge in [0, 0.05) is 30.9 Å². The Morgan fingerprint density at radius 1 is 1.13 bits per heavy atom. The lowest BCUT2D eigenvalue weighted by atomic mass is 10.0. The van der Waals surface area contributed by atoms with Crippen LogP contribution in [-0.4, -0.2) is 42.0 Å². The lowest BCUT2D eigenvalue weighted by molar-refractivity contribution is -0.136. The number of carbonyl (C=O) groups excluding carboxylic acids is 2. The summed E-state index contributed by atoms with van der Waals surface area (Å²) in [6, 6.07) is 5.68. The first kappa shape index (κ1) is 22.7. The van der Waals surface area contributed by atoms with E-state index in [-0.39, 0.29) is 23.2 Å². The van der Waals surface area contributed by atoms with E-state index < -0.39 is 23.7 Å². The van der Waals surface area contributed by atoms with Gasteiger partial charge in [0.1, 0.15) is 0 Å². The molecular formula is C21H25F3N4O3. The SMILES string of the molecule is CC(C)N1CCC(NC(=O)Nc2ccc(NC(=O)c3ccco3)cc2C(F)(F)F)CC1. The lowest BCUT2D eigenvalue weighted by Gasteiger charge is -2.34. The fraction of sp³-hybridized carbons (Fsp3) is 0.429. The molecule has 0 radical (unpaired) electrons. The van der Waals surface area contributed by atoms with Crippen molar-refractivity contribution in [1.29, 1.82) is 0 Å². The standard InChI is InChI=1S/C21H25F3N4O3/c1-13(2)28-9-7-14(8-10-28)26-20(30)27-17-6-5-15(12-16(17)21(22,23)24)25-19(29)18-4-3-11-31-18/h3-6,11-14H,7-10H2,1-2H3,(H,25,29)(H2,26,27,30). The molecule has 1 aromatic carbocycles. The third-order valence-corrected chi connectivity index (χ3v) is 5.17. The first-order chi connectivity index (χ1) is 14.6. The maximum Gasteiger partial charge on any atom is 0.418 e. The number of alkyl halides is 3. The molecule has 1 aromatic heterocycles. The number of amides is 3. The summed E-state index contributed by atoms with van der Waals surface area (Å²) in [7, 11) is 0. The zero-order valence-electron chi connectivity index (χ0n) is 17.3. The number of nitrogens with zero attached hydrogens (tertiary/aromatic N) is 1. The summed E-state index contributed by atoms with van der Waals surface area (Å²) in [5.74, 6) is -0.706. The normalized spacial score (nSPS) is 15.7. The molecule has 3 amide bonds. The van der Waals surface area contributed by atoms with E-state index in [0.29, 0.717) is 6.04 Å². The van der Waals surface area contributed by atoms with Crippen LogP contribution in [0.2, 0.25) is 0 Å². The van der Waals surface area contributed by atoms with Gasteiger partial charge in [0.2, 0.25) is 0 Å². The molecule has 1 aliphatic heterocycles. The number of anilines is 2. The molecule has 0 bridgehead atoms. The summed E-state index contributed by atoms with van der Waals surface area (Å²) in [4.78, 5) is 26.6. The maximum atomic E-state index is 13.6. The molecule has 0 spiro atoms. The molecule has 0 atom stereocenters. The average molecular weight is 438 g/mol. The summed E-state index contributed by atoms with van der Waals surface area (Å²) in [6.07, 6.45) is -1.98. The largest absolute Gasteiger partial charge is 0.459 e. The maximum absolute atomic E-state index is 13.6. The van der Waals surface area contributed by atoms with Crippen molar-refractivity contribution in [2.75, 3.05) is 23.7 Å². The van der Waals surface area contributed by atoms with Gasteiger partial charge in [-0.1, -0.05) is 0 Å². The number of carbonyl (C=O) groups is 2. The minimum absolute atomic E-state index is 0.0290. The molecule has 1 fully saturated rings. The average Bonchev–Trinajstić information content (AvgIpc) is 3.23. The Kier molecular flexibility index (Phi) is 6.89. The van der Waals surface area contributed by atoms with Gasteiger partial charge in [-0.05, 0) is 57.0 Å². The van der Waals surface area contributed by atoms with Gasteiger partial charge in [-0.15, -0.1) is 0 Å². The van der Waals surface area contributed by atoms with Crippen molar-refractivity contribution in [2.45, 2.75) is 44.9 Å². The minimum atomic E-state index is -4.73. The number of benzene rings is 1. The zero-order valence-corrected chi connectivity index (χ0v) is 17.3. The quantitative estimate of drug-likeness (QED) is 0.640. The molecule has 0 aliphatic carbocycles. The van der Waals surface area contributed by atoms with Gasteiger partial charge in [0.05, 0.1) is 17.5 Å². The summed E-state index contributed by atoms with van der Waals surface area (Å²) >= 11 is 0. The van der Waals surface area contributed by atoms with Crippen molar-refractivity contribution in [2.24, 2.45) is 0 Å². The van der Waals surface area contributed by atoms with Crippen molar-refractivity contribution in [3.63, 3.8) is 0 Å². The molecule has 3 rings (SSSR count). The number of urea groups is 1. The van der Waals surface area contributed by atoms with E-state index in [1.165, 1.54) is 24.5 Å². The predicted molar refractivity (Wildman–Crippen MR) is 110 cm³/mol. The van der Waals surface area contributed by atoms with Crippen LogP contribution in [0.25, 0.3) is 0 Å². The van der Waals surface area contributed by atoms with Crippen LogP contribution in [0.15, 0.2) is 41.0 Å². The van der Waals surface area contributed by atoms with Crippen LogP contribution in [0.5, 0.6) is 0 Å². The first-order valence-corrected chi connectivity index (χ1v) is 10.0. The van der Waals surface area contributed by atoms with E-state index in [9.17, 15) is 22.8 Å². The molecule has 2 aromatic rings. The molecule has 7 nitrogen and oxygen atoms in total. The predicted octanol–water partition coefficient (Wildman–Crippen LogP) is 4.55. The fourth-order valence-corrected chi connectivity index (χ4v) is 3.47. The Hall–Kier alpha value is -3.01. The molecule has 10 heteroatoms. The highest BCUT2D eigenvalue weighted by molar-refractivity contribution is 6.02. The van der Waals surface area contributed by atoms with Gasteiger partial charge >= 0.3 is 12.2 Å². The molecule has 0 saturated carbocycles. The highest BCUT2D eigenvalue weighted by atomic mass is 19.4. The Labute approximate surface area is 178 Å². The second kappa shape index (κ2) is 9.42. The summed E-state index contributed by atoms with van der Waals surface area (Å²) in [5.41, 5.74) is -1.52. The molecule has 0 unspecified atom stereocenters. The molecule has 2 heterocycles. The highest BCUT2D eigenvalue weighted by Gasteiger charge is 2.35. The van der Waals surface area contributed by atoms with Crippen molar-refractivity contribution in [3.8, 4) is 0 Å². The molecule has 1 saturated heterocycles. The van der Waals surface area contributed by atoms with E-state index in [1.54, 1.807) is 0 Å². The van der Waals surface area contributed by atoms with E-state index in [2.05, 4.69) is 34.7 Å². The van der Waals surface area contributed by atoms with E-state index in [1.807, 2.05) is 0 Å². The van der Waals surface area contributed by atoms with Gasteiger partial charge in [-0.25, -0.2) is 4.79 Å². The molecule has 3 N–H and O–H groups in total. The van der Waals surface area contributed by atoms with Crippen LogP contribution < -0.4 is 16.0 Å². The zero-order chi connectivity index (χ0) is 22.6. The van der Waals surface area contributed by atoms with Crippen LogP contribution in [0.3, 0.4) is 0 Å². The Morgan fingerprint density at radius 2 is 1.84 bits per heavy atom. The molecule has 31 heavy (non-hydrogen) atoms. The van der Waals surface area contributed by atoms with E-state index in [4.69, 9.17) is 4.42 Å². The van der Waals surface area contributed by atoms with Crippen LogP contribution in [0, 0.1) is 0 Å². The van der Waals surface area contributed by atoms with Gasteiger partial charge in [0.15, 0.2) is 5.76 Å². The molecule has 168 valence electrons. The Balaban J connectivity index is 1.66. The smallest absolute Gasteiger partial charge is 0.418 e. The summed E-state index contributed by atoms with van der Waals surface area (Å²) in [5, 5.41) is 7.39. The number of hydrogen-bond acceptors (Lipinski definition) is 4. The van der Waals surface area contributed by atoms with Crippen LogP contribution in [0.1, 0.15) is 42.8 Å². The fourth-order valence-electron chi connectivity index (χ4n) is 3.47. The second-order valence-corrected chi connectivity index (χ2v) is 7.69. The minimum Gasteiger partial charge on any atom is -0.459 e. The number of furan rings is 1. The third-order valence-electron chi connectivity index (χ3n) is 5.17. The van der Waals surface area contributed by atoms with Crippen LogP contribution >= 0.6 is 0 Å². The molecular weight excluding hydrogens is 413 g/mol. The second-order valence-electron chi connectivity index (χ2n) is 7.69. The highest BCUT2D eigenvalue weighted by Crippen LogP contribution is 2.36. The van der Waals surface area contributed by atoms with Gasteiger partial charge in [-0.2, -0.15) is 13.2 Å². The molecule has 1 aliphatic rings. The Morgan fingerprint density at radius 3 is 2.42 bits per heavy atom. The van der Waals surface area contributed by atoms with Crippen molar-refractivity contribution >= 4 is 23.3 Å². The van der Waals surface area contributed by atoms with Crippen LogP contribution in [-0.2, 0) is 6.18 Å². The van der Waals surface area contributed by atoms with E-state index in [0.717, 1.165) is 38.1 Å². The number of nitrogens with one attached hydrogen (secondary N) is 3. The summed E-state index contributed by atoms with van der Waals surface area (Å²) < 4.78 is 45.6. The van der Waals surface area contributed by atoms with E-state index >= 15 is 0 Å². The first-order valence-electron chi connectivity index (χ1n) is 10.0. The topological polar surface area (TPSA) is 86.6 Å². The monoisotopic (exact) mass is 438 g/mol. The van der Waals surface area contributed by atoms with Crippen LogP contribution in [0.4, 0.5) is 29.3 Å². The van der Waals surface area contributed by atoms with Crippen molar-refractivity contribution < 1.29 is 27.2 Å². The number of likely N-dealkylation sites (tertiary alicyclic amines) is 1. The number of piperidine rings is 1. The van der Waals surface area contributed by atoms with Gasteiger partial charge in [-0.3, -0.25) is 4.79 Å².